The number of hydroxylamine groups is 2. The predicted octanol–water partition coefficient (Wildman–Crippen LogP) is 0.102. The molecule has 1 aliphatic rings. The van der Waals surface area contributed by atoms with Crippen molar-refractivity contribution >= 4 is 5.97 Å². The number of rotatable bonds is 5. The Bertz CT molecular complexity index is 505. The minimum absolute atomic E-state index is 0.0400. The summed E-state index contributed by atoms with van der Waals surface area (Å²) in [4.78, 5) is 24.7. The zero-order valence-electron chi connectivity index (χ0n) is 11.2. The minimum Gasteiger partial charge on any atom is -0.481 e. The Labute approximate surface area is 116 Å². The van der Waals surface area contributed by atoms with Crippen LogP contribution in [-0.2, 0) is 20.9 Å². The lowest BCUT2D eigenvalue weighted by Gasteiger charge is -2.18. The maximum absolute atomic E-state index is 11.7. The van der Waals surface area contributed by atoms with Crippen LogP contribution in [0, 0.1) is 0 Å². The summed E-state index contributed by atoms with van der Waals surface area (Å²) in [5, 5.41) is 14.1. The summed E-state index contributed by atoms with van der Waals surface area (Å²) in [7, 11) is 1.58. The summed E-state index contributed by atoms with van der Waals surface area (Å²) in [6, 6.07) is 0. The minimum atomic E-state index is -0.643. The molecule has 2 N–H and O–H groups in total. The molecule has 0 aromatic carbocycles. The van der Waals surface area contributed by atoms with E-state index in [1.165, 1.54) is 5.06 Å². The van der Waals surface area contributed by atoms with Crippen LogP contribution in [0.2, 0.25) is 0 Å². The molecule has 1 atom stereocenters. The van der Waals surface area contributed by atoms with E-state index in [9.17, 15) is 9.90 Å². The number of likely N-dealkylation sites (N-methyl/N-ethyl adjacent to an activating group) is 1. The first-order valence-electron chi connectivity index (χ1n) is 6.12. The smallest absolute Gasteiger partial charge is 0.363 e. The maximum Gasteiger partial charge on any atom is 0.363 e. The summed E-state index contributed by atoms with van der Waals surface area (Å²) in [6.45, 7) is 2.33. The van der Waals surface area contributed by atoms with Crippen molar-refractivity contribution in [1.82, 2.24) is 20.3 Å². The number of hydrogen-bond donors (Lipinski definition) is 2. The van der Waals surface area contributed by atoms with E-state index in [2.05, 4.69) is 15.3 Å². The van der Waals surface area contributed by atoms with Crippen LogP contribution in [0.4, 0.5) is 0 Å². The number of nitrogens with one attached hydrogen (secondary N) is 1. The third-order valence-electron chi connectivity index (χ3n) is 2.69. The molecule has 0 aliphatic carbocycles. The van der Waals surface area contributed by atoms with Crippen molar-refractivity contribution in [3.63, 3.8) is 0 Å². The molecule has 0 spiro atoms. The Balaban J connectivity index is 2.11. The number of ether oxygens (including phenoxy) is 1. The number of aliphatic hydroxyl groups is 1. The van der Waals surface area contributed by atoms with Gasteiger partial charge in [-0.3, -0.25) is 15.3 Å². The number of aromatic nitrogens is 2. The van der Waals surface area contributed by atoms with Crippen LogP contribution in [-0.4, -0.2) is 45.9 Å². The van der Waals surface area contributed by atoms with E-state index < -0.39 is 18.1 Å². The molecule has 1 saturated heterocycles. The number of hydrogen-bond acceptors (Lipinski definition) is 8. The molecule has 0 saturated carbocycles. The van der Waals surface area contributed by atoms with Crippen LogP contribution in [0.1, 0.15) is 12.6 Å². The van der Waals surface area contributed by atoms with Crippen molar-refractivity contribution < 1.29 is 19.5 Å². The Morgan fingerprint density at radius 1 is 1.60 bits per heavy atom. The normalized spacial score (nSPS) is 21.7. The molecule has 2 heterocycles. The molecular formula is C12H16N4O4. The Hall–Kier alpha value is -2.19. The summed E-state index contributed by atoms with van der Waals surface area (Å²) in [5.41, 5.74) is 0.744. The van der Waals surface area contributed by atoms with Crippen molar-refractivity contribution in [2.75, 3.05) is 13.7 Å². The molecule has 0 radical (unpaired) electrons. The zero-order valence-corrected chi connectivity index (χ0v) is 11.2. The SMILES string of the molecule is CCO/C(O)=C1\C(=O)ON(C)C1NCc1cnccn1. The fraction of sp³-hybridized carbons (Fsp3) is 0.417. The molecule has 8 heteroatoms. The zero-order chi connectivity index (χ0) is 14.5. The van der Waals surface area contributed by atoms with Gasteiger partial charge in [-0.05, 0) is 6.92 Å². The maximum atomic E-state index is 11.7. The van der Waals surface area contributed by atoms with Gasteiger partial charge in [0.2, 0.25) is 0 Å². The van der Waals surface area contributed by atoms with Crippen molar-refractivity contribution in [2.45, 2.75) is 19.6 Å². The van der Waals surface area contributed by atoms with E-state index in [1.54, 1.807) is 32.6 Å². The summed E-state index contributed by atoms with van der Waals surface area (Å²) < 4.78 is 4.97. The van der Waals surface area contributed by atoms with Gasteiger partial charge in [-0.25, -0.2) is 4.79 Å². The lowest BCUT2D eigenvalue weighted by atomic mass is 10.2. The molecule has 20 heavy (non-hydrogen) atoms. The van der Waals surface area contributed by atoms with Gasteiger partial charge in [-0.15, -0.1) is 5.06 Å². The van der Waals surface area contributed by atoms with E-state index in [-0.39, 0.29) is 12.2 Å². The second kappa shape index (κ2) is 6.31. The van der Waals surface area contributed by atoms with Crippen LogP contribution in [0.3, 0.4) is 0 Å². The topological polar surface area (TPSA) is 96.8 Å². The first kappa shape index (κ1) is 14.2. The number of nitrogens with zero attached hydrogens (tertiary/aromatic N) is 3. The quantitative estimate of drug-likeness (QED) is 0.579. The molecule has 1 fully saturated rings. The first-order chi connectivity index (χ1) is 9.63. The highest BCUT2D eigenvalue weighted by molar-refractivity contribution is 5.91. The van der Waals surface area contributed by atoms with E-state index in [0.717, 1.165) is 0 Å². The highest BCUT2D eigenvalue weighted by atomic mass is 16.7. The fourth-order valence-electron chi connectivity index (χ4n) is 1.80. The van der Waals surface area contributed by atoms with Crippen molar-refractivity contribution in [3.05, 3.63) is 35.8 Å². The lowest BCUT2D eigenvalue weighted by Crippen LogP contribution is -2.39. The van der Waals surface area contributed by atoms with Gasteiger partial charge >= 0.3 is 5.97 Å². The molecule has 1 aromatic rings. The molecule has 0 bridgehead atoms. The summed E-state index contributed by atoms with van der Waals surface area (Å²) >= 11 is 0. The van der Waals surface area contributed by atoms with Gasteiger partial charge in [0.25, 0.3) is 5.95 Å². The van der Waals surface area contributed by atoms with Crippen molar-refractivity contribution in [3.8, 4) is 0 Å². The molecule has 1 aliphatic heterocycles. The number of carbonyl (C=O) groups is 1. The third-order valence-corrected chi connectivity index (χ3v) is 2.69. The Kier molecular flexibility index (Phi) is 4.49. The van der Waals surface area contributed by atoms with Gasteiger partial charge in [0.1, 0.15) is 6.17 Å². The fourth-order valence-corrected chi connectivity index (χ4v) is 1.80. The van der Waals surface area contributed by atoms with Gasteiger partial charge < -0.3 is 14.7 Å². The molecule has 1 unspecified atom stereocenters. The van der Waals surface area contributed by atoms with E-state index in [4.69, 9.17) is 9.57 Å². The van der Waals surface area contributed by atoms with Crippen molar-refractivity contribution in [2.24, 2.45) is 0 Å². The van der Waals surface area contributed by atoms with Crippen LogP contribution in [0.15, 0.2) is 30.1 Å². The highest BCUT2D eigenvalue weighted by Crippen LogP contribution is 2.21. The predicted molar refractivity (Wildman–Crippen MR) is 67.8 cm³/mol. The molecule has 1 aromatic heterocycles. The number of aliphatic hydroxyl groups excluding tert-OH is 1. The van der Waals surface area contributed by atoms with Crippen LogP contribution >= 0.6 is 0 Å². The monoisotopic (exact) mass is 280 g/mol. The van der Waals surface area contributed by atoms with E-state index >= 15 is 0 Å². The van der Waals surface area contributed by atoms with Crippen LogP contribution in [0.5, 0.6) is 0 Å². The van der Waals surface area contributed by atoms with E-state index in [0.29, 0.717) is 12.2 Å². The van der Waals surface area contributed by atoms with Gasteiger partial charge in [0.05, 0.1) is 12.3 Å². The average molecular weight is 280 g/mol. The molecule has 0 amide bonds. The standard InChI is InChI=1S/C12H16N4O4/c1-3-19-11(17)9-10(16(2)20-12(9)18)15-7-8-6-13-4-5-14-8/h4-6,10,15,17H,3,7H2,1-2H3/b11-9-. The van der Waals surface area contributed by atoms with Gasteiger partial charge in [-0.2, -0.15) is 0 Å². The van der Waals surface area contributed by atoms with E-state index in [1.807, 2.05) is 0 Å². The molecular weight excluding hydrogens is 264 g/mol. The van der Waals surface area contributed by atoms with Crippen molar-refractivity contribution in [1.29, 1.82) is 0 Å². The second-order valence-corrected chi connectivity index (χ2v) is 4.06. The van der Waals surface area contributed by atoms with Gasteiger partial charge in [-0.1, -0.05) is 0 Å². The molecule has 108 valence electrons. The second-order valence-electron chi connectivity index (χ2n) is 4.06. The average Bonchev–Trinajstić information content (AvgIpc) is 2.72. The van der Waals surface area contributed by atoms with Gasteiger partial charge in [0.15, 0.2) is 5.57 Å². The van der Waals surface area contributed by atoms with Gasteiger partial charge in [0, 0.05) is 32.2 Å². The Morgan fingerprint density at radius 2 is 2.40 bits per heavy atom. The third kappa shape index (κ3) is 3.03. The summed E-state index contributed by atoms with van der Waals surface area (Å²) in [6.07, 6.45) is 4.14. The lowest BCUT2D eigenvalue weighted by molar-refractivity contribution is -0.169. The summed E-state index contributed by atoms with van der Waals surface area (Å²) in [5.74, 6) is -1.08. The number of carbonyl (C=O) groups excluding carboxylic acids is 1. The largest absolute Gasteiger partial charge is 0.481 e. The Morgan fingerprint density at radius 3 is 3.05 bits per heavy atom. The van der Waals surface area contributed by atoms with Crippen LogP contribution in [0.25, 0.3) is 0 Å². The van der Waals surface area contributed by atoms with Crippen LogP contribution < -0.4 is 5.32 Å². The first-order valence-corrected chi connectivity index (χ1v) is 6.12. The molecule has 2 rings (SSSR count). The highest BCUT2D eigenvalue weighted by Gasteiger charge is 2.40. The molecule has 8 nitrogen and oxygen atoms in total.